The fraction of sp³-hybridized carbons (Fsp3) is 0.357. The van der Waals surface area contributed by atoms with Gasteiger partial charge in [0.25, 0.3) is 0 Å². The summed E-state index contributed by atoms with van der Waals surface area (Å²) in [6.45, 7) is 1.93. The van der Waals surface area contributed by atoms with Crippen molar-refractivity contribution >= 4 is 10.9 Å². The van der Waals surface area contributed by atoms with E-state index in [4.69, 9.17) is 0 Å². The predicted octanol–water partition coefficient (Wildman–Crippen LogP) is 1.35. The maximum atomic E-state index is 4.29. The molecule has 0 bridgehead atoms. The van der Waals surface area contributed by atoms with Gasteiger partial charge in [-0.1, -0.05) is 23.4 Å². The van der Waals surface area contributed by atoms with Crippen LogP contribution in [0.1, 0.15) is 24.2 Å². The van der Waals surface area contributed by atoms with E-state index in [-0.39, 0.29) is 5.41 Å². The minimum Gasteiger partial charge on any atom is -0.361 e. The fourth-order valence-electron chi connectivity index (χ4n) is 3.30. The maximum Gasteiger partial charge on any atom is 0.185 e. The molecule has 0 saturated carbocycles. The number of fused-ring (bicyclic) bond motifs is 1. The number of tetrazole rings is 1. The van der Waals surface area contributed by atoms with Gasteiger partial charge in [-0.3, -0.25) is 0 Å². The Balaban J connectivity index is 1.94. The van der Waals surface area contributed by atoms with Crippen LogP contribution in [0.2, 0.25) is 0 Å². The molecular weight excluding hydrogens is 252 g/mol. The molecule has 1 saturated heterocycles. The molecule has 0 unspecified atom stereocenters. The Bertz CT molecular complexity index is 708. The Kier molecular flexibility index (Phi) is 2.56. The number of piperidine rings is 1. The molecule has 1 aliphatic rings. The van der Waals surface area contributed by atoms with Crippen molar-refractivity contribution in [2.45, 2.75) is 18.3 Å². The molecular formula is C14H16N6. The number of H-pyrrole nitrogens is 2. The molecule has 0 atom stereocenters. The highest BCUT2D eigenvalue weighted by atomic mass is 15.5. The third kappa shape index (κ3) is 1.58. The van der Waals surface area contributed by atoms with Crippen LogP contribution in [-0.4, -0.2) is 38.7 Å². The Morgan fingerprint density at radius 1 is 1.10 bits per heavy atom. The molecule has 3 N–H and O–H groups in total. The molecule has 0 amide bonds. The second-order valence-electron chi connectivity index (χ2n) is 5.32. The fourth-order valence-corrected chi connectivity index (χ4v) is 3.30. The second kappa shape index (κ2) is 4.42. The average molecular weight is 268 g/mol. The van der Waals surface area contributed by atoms with Gasteiger partial charge in [-0.05, 0) is 37.6 Å². The largest absolute Gasteiger partial charge is 0.361 e. The zero-order valence-electron chi connectivity index (χ0n) is 11.1. The minimum absolute atomic E-state index is 0.155. The van der Waals surface area contributed by atoms with Gasteiger partial charge in [0.05, 0.1) is 5.41 Å². The molecule has 1 aliphatic heterocycles. The first-order chi connectivity index (χ1) is 9.90. The number of benzene rings is 1. The van der Waals surface area contributed by atoms with Crippen LogP contribution >= 0.6 is 0 Å². The van der Waals surface area contributed by atoms with Gasteiger partial charge >= 0.3 is 0 Å². The molecule has 4 rings (SSSR count). The molecule has 3 heterocycles. The summed E-state index contributed by atoms with van der Waals surface area (Å²) in [6.07, 6.45) is 4.06. The highest BCUT2D eigenvalue weighted by Gasteiger charge is 2.41. The number of para-hydroxylation sites is 1. The van der Waals surface area contributed by atoms with Crippen LogP contribution in [0.15, 0.2) is 30.5 Å². The lowest BCUT2D eigenvalue weighted by Gasteiger charge is -2.34. The molecule has 6 nitrogen and oxygen atoms in total. The van der Waals surface area contributed by atoms with Crippen molar-refractivity contribution in [2.75, 3.05) is 13.1 Å². The summed E-state index contributed by atoms with van der Waals surface area (Å²) in [5, 5.41) is 19.6. The first-order valence-electron chi connectivity index (χ1n) is 6.91. The van der Waals surface area contributed by atoms with E-state index < -0.39 is 0 Å². The summed E-state index contributed by atoms with van der Waals surface area (Å²) in [5.41, 5.74) is 2.28. The SMILES string of the molecule is c1ccc2c(C3(c4nn[nH]n4)CCNCC3)c[nH]c2c1. The number of aromatic amines is 2. The lowest BCUT2D eigenvalue weighted by molar-refractivity contribution is 0.348. The van der Waals surface area contributed by atoms with E-state index in [2.05, 4.69) is 55.3 Å². The van der Waals surface area contributed by atoms with Crippen LogP contribution in [0.4, 0.5) is 0 Å². The van der Waals surface area contributed by atoms with Crippen molar-refractivity contribution in [3.05, 3.63) is 41.9 Å². The number of hydrogen-bond donors (Lipinski definition) is 3. The summed E-state index contributed by atoms with van der Waals surface area (Å²) in [4.78, 5) is 3.37. The second-order valence-corrected chi connectivity index (χ2v) is 5.32. The van der Waals surface area contributed by atoms with Gasteiger partial charge in [0.2, 0.25) is 0 Å². The van der Waals surface area contributed by atoms with Crippen molar-refractivity contribution in [1.82, 2.24) is 30.9 Å². The van der Waals surface area contributed by atoms with Gasteiger partial charge in [0.1, 0.15) is 0 Å². The van der Waals surface area contributed by atoms with E-state index in [1.54, 1.807) is 0 Å². The Morgan fingerprint density at radius 2 is 1.95 bits per heavy atom. The molecule has 102 valence electrons. The van der Waals surface area contributed by atoms with Crippen LogP contribution in [-0.2, 0) is 5.41 Å². The van der Waals surface area contributed by atoms with Gasteiger partial charge < -0.3 is 10.3 Å². The van der Waals surface area contributed by atoms with E-state index >= 15 is 0 Å². The molecule has 1 fully saturated rings. The first-order valence-corrected chi connectivity index (χ1v) is 6.91. The molecule has 3 aromatic rings. The number of hydrogen-bond acceptors (Lipinski definition) is 4. The zero-order valence-corrected chi connectivity index (χ0v) is 11.1. The lowest BCUT2D eigenvalue weighted by atomic mass is 9.72. The van der Waals surface area contributed by atoms with Crippen molar-refractivity contribution < 1.29 is 0 Å². The van der Waals surface area contributed by atoms with Gasteiger partial charge in [0.15, 0.2) is 5.82 Å². The monoisotopic (exact) mass is 268 g/mol. The summed E-state index contributed by atoms with van der Waals surface area (Å²) < 4.78 is 0. The van der Waals surface area contributed by atoms with E-state index in [0.717, 1.165) is 37.3 Å². The number of nitrogens with one attached hydrogen (secondary N) is 3. The minimum atomic E-state index is -0.155. The van der Waals surface area contributed by atoms with Crippen molar-refractivity contribution in [3.8, 4) is 0 Å². The smallest absolute Gasteiger partial charge is 0.185 e. The summed E-state index contributed by atoms with van der Waals surface area (Å²) in [7, 11) is 0. The number of aromatic nitrogens is 5. The topological polar surface area (TPSA) is 82.3 Å². The van der Waals surface area contributed by atoms with Gasteiger partial charge in [0, 0.05) is 17.1 Å². The van der Waals surface area contributed by atoms with Crippen molar-refractivity contribution in [2.24, 2.45) is 0 Å². The van der Waals surface area contributed by atoms with Crippen LogP contribution in [0.5, 0.6) is 0 Å². The highest BCUT2D eigenvalue weighted by Crippen LogP contribution is 2.41. The van der Waals surface area contributed by atoms with Gasteiger partial charge in [-0.25, -0.2) is 0 Å². The number of nitrogens with zero attached hydrogens (tertiary/aromatic N) is 3. The lowest BCUT2D eigenvalue weighted by Crippen LogP contribution is -2.41. The third-order valence-corrected chi connectivity index (χ3v) is 4.34. The summed E-state index contributed by atoms with van der Waals surface area (Å²) >= 11 is 0. The van der Waals surface area contributed by atoms with E-state index in [9.17, 15) is 0 Å². The molecule has 0 aliphatic carbocycles. The molecule has 1 aromatic carbocycles. The zero-order chi connectivity index (χ0) is 13.4. The molecule has 20 heavy (non-hydrogen) atoms. The summed E-state index contributed by atoms with van der Waals surface area (Å²) in [6, 6.07) is 8.38. The maximum absolute atomic E-state index is 4.29. The van der Waals surface area contributed by atoms with Crippen molar-refractivity contribution in [1.29, 1.82) is 0 Å². The van der Waals surface area contributed by atoms with Gasteiger partial charge in [-0.15, -0.1) is 10.2 Å². The molecule has 2 aromatic heterocycles. The normalized spacial score (nSPS) is 18.4. The Hall–Kier alpha value is -2.21. The first kappa shape index (κ1) is 11.6. The Labute approximate surface area is 116 Å². The van der Waals surface area contributed by atoms with Gasteiger partial charge in [-0.2, -0.15) is 5.21 Å². The molecule has 0 spiro atoms. The highest BCUT2D eigenvalue weighted by molar-refractivity contribution is 5.84. The average Bonchev–Trinajstić information content (AvgIpc) is 3.18. The van der Waals surface area contributed by atoms with E-state index in [1.807, 2.05) is 6.07 Å². The van der Waals surface area contributed by atoms with Crippen LogP contribution in [0, 0.1) is 0 Å². The van der Waals surface area contributed by atoms with Crippen LogP contribution < -0.4 is 5.32 Å². The predicted molar refractivity (Wildman–Crippen MR) is 75.4 cm³/mol. The summed E-state index contributed by atoms with van der Waals surface area (Å²) in [5.74, 6) is 0.795. The van der Waals surface area contributed by atoms with Crippen LogP contribution in [0.3, 0.4) is 0 Å². The quantitative estimate of drug-likeness (QED) is 0.655. The standard InChI is InChI=1S/C14H16N6/c1-2-4-12-10(3-1)11(9-16-12)14(5-7-15-8-6-14)13-17-19-20-18-13/h1-4,9,15-16H,5-8H2,(H,17,18,19,20). The van der Waals surface area contributed by atoms with Crippen molar-refractivity contribution in [3.63, 3.8) is 0 Å². The van der Waals surface area contributed by atoms with E-state index in [0.29, 0.717) is 0 Å². The number of rotatable bonds is 2. The van der Waals surface area contributed by atoms with Crippen LogP contribution in [0.25, 0.3) is 10.9 Å². The Morgan fingerprint density at radius 3 is 2.75 bits per heavy atom. The molecule has 0 radical (unpaired) electrons. The third-order valence-electron chi connectivity index (χ3n) is 4.34. The van der Waals surface area contributed by atoms with E-state index in [1.165, 1.54) is 10.9 Å². The molecule has 6 heteroatoms.